The van der Waals surface area contributed by atoms with E-state index >= 15 is 0 Å². The van der Waals surface area contributed by atoms with Gasteiger partial charge in [0.25, 0.3) is 0 Å². The quantitative estimate of drug-likeness (QED) is 0.473. The maximum atomic E-state index is 13.7. The Bertz CT molecular complexity index is 1170. The molecule has 0 aromatic heterocycles. The molecule has 0 radical (unpaired) electrons. The first-order valence-electron chi connectivity index (χ1n) is 12.6. The molecule has 8 nitrogen and oxygen atoms in total. The number of sulfonamides is 1. The number of nitrogens with zero attached hydrogens (tertiary/aromatic N) is 2. The maximum absolute atomic E-state index is 13.7. The predicted octanol–water partition coefficient (Wildman–Crippen LogP) is 3.86. The average molecular weight is 534 g/mol. The molecule has 2 aromatic carbocycles. The molecular weight excluding hydrogens is 497 g/mol. The first-order chi connectivity index (χ1) is 17.6. The molecule has 1 atom stereocenters. The highest BCUT2D eigenvalue weighted by atomic mass is 32.2. The number of hydrogen-bond acceptors (Lipinski definition) is 5. The minimum Gasteiger partial charge on any atom is -0.497 e. The summed E-state index contributed by atoms with van der Waals surface area (Å²) in [5.41, 5.74) is 0.905. The number of hydrogen-bond donors (Lipinski definition) is 1. The van der Waals surface area contributed by atoms with E-state index in [2.05, 4.69) is 5.32 Å². The van der Waals surface area contributed by atoms with Crippen molar-refractivity contribution in [3.8, 4) is 5.75 Å². The van der Waals surface area contributed by atoms with Gasteiger partial charge in [-0.1, -0.05) is 38.3 Å². The summed E-state index contributed by atoms with van der Waals surface area (Å²) >= 11 is 0. The Morgan fingerprint density at radius 3 is 2.38 bits per heavy atom. The van der Waals surface area contributed by atoms with Crippen LogP contribution in [0.1, 0.15) is 51.0 Å². The first-order valence-corrected chi connectivity index (χ1v) is 14.4. The average Bonchev–Trinajstić information content (AvgIpc) is 2.87. The number of rotatable bonds is 11. The Balaban J connectivity index is 1.92. The van der Waals surface area contributed by atoms with E-state index in [0.717, 1.165) is 60.4 Å². The van der Waals surface area contributed by atoms with E-state index in [9.17, 15) is 22.4 Å². The Kier molecular flexibility index (Phi) is 9.91. The van der Waals surface area contributed by atoms with E-state index in [-0.39, 0.29) is 24.2 Å². The van der Waals surface area contributed by atoms with Gasteiger partial charge in [0.2, 0.25) is 21.8 Å². The summed E-state index contributed by atoms with van der Waals surface area (Å²) in [6, 6.07) is 11.3. The predicted molar refractivity (Wildman–Crippen MR) is 141 cm³/mol. The molecule has 0 bridgehead atoms. The molecule has 2 aromatic rings. The first kappa shape index (κ1) is 28.4. The molecule has 37 heavy (non-hydrogen) atoms. The lowest BCUT2D eigenvalue weighted by Crippen LogP contribution is -2.53. The van der Waals surface area contributed by atoms with E-state index in [1.807, 2.05) is 13.0 Å². The van der Waals surface area contributed by atoms with Crippen molar-refractivity contribution in [1.82, 2.24) is 10.2 Å². The minimum atomic E-state index is -3.88. The molecule has 0 aliphatic heterocycles. The van der Waals surface area contributed by atoms with Gasteiger partial charge < -0.3 is 15.0 Å². The van der Waals surface area contributed by atoms with Gasteiger partial charge in [-0.05, 0) is 61.2 Å². The summed E-state index contributed by atoms with van der Waals surface area (Å²) in [7, 11) is -2.33. The fourth-order valence-electron chi connectivity index (χ4n) is 4.65. The van der Waals surface area contributed by atoms with Gasteiger partial charge in [0.15, 0.2) is 0 Å². The molecule has 10 heteroatoms. The lowest BCUT2D eigenvalue weighted by atomic mass is 9.95. The number of halogens is 1. The highest BCUT2D eigenvalue weighted by Crippen LogP contribution is 2.22. The van der Waals surface area contributed by atoms with Crippen molar-refractivity contribution in [2.45, 2.75) is 64.1 Å². The van der Waals surface area contributed by atoms with Crippen LogP contribution in [0.15, 0.2) is 48.5 Å². The van der Waals surface area contributed by atoms with Crippen molar-refractivity contribution in [2.75, 3.05) is 24.2 Å². The van der Waals surface area contributed by atoms with Gasteiger partial charge in [-0.15, -0.1) is 0 Å². The lowest BCUT2D eigenvalue weighted by molar-refractivity contribution is -0.140. The molecule has 1 fully saturated rings. The molecule has 202 valence electrons. The van der Waals surface area contributed by atoms with E-state index in [0.29, 0.717) is 12.2 Å². The molecular formula is C27H36FN3O5S. The molecule has 1 saturated carbocycles. The van der Waals surface area contributed by atoms with Crippen molar-refractivity contribution in [3.05, 3.63) is 59.9 Å². The Morgan fingerprint density at radius 1 is 1.11 bits per heavy atom. The monoisotopic (exact) mass is 533 g/mol. The van der Waals surface area contributed by atoms with Gasteiger partial charge in [0, 0.05) is 12.6 Å². The third kappa shape index (κ3) is 7.92. The molecule has 1 unspecified atom stereocenters. The molecule has 2 amide bonds. The molecule has 1 N–H and O–H groups in total. The number of carbonyl (C=O) groups excluding carboxylic acids is 2. The van der Waals surface area contributed by atoms with Crippen LogP contribution in [0.2, 0.25) is 0 Å². The van der Waals surface area contributed by atoms with E-state index in [4.69, 9.17) is 4.74 Å². The molecule has 0 heterocycles. The summed E-state index contributed by atoms with van der Waals surface area (Å²) in [5.74, 6) is -0.705. The van der Waals surface area contributed by atoms with Crippen molar-refractivity contribution in [1.29, 1.82) is 0 Å². The van der Waals surface area contributed by atoms with Gasteiger partial charge in [-0.25, -0.2) is 12.8 Å². The summed E-state index contributed by atoms with van der Waals surface area (Å²) in [6.07, 6.45) is 6.39. The van der Waals surface area contributed by atoms with Crippen LogP contribution in [-0.4, -0.2) is 57.1 Å². The van der Waals surface area contributed by atoms with Crippen LogP contribution < -0.4 is 14.4 Å². The third-order valence-electron chi connectivity index (χ3n) is 6.62. The number of ether oxygens (including phenoxy) is 1. The van der Waals surface area contributed by atoms with Crippen LogP contribution in [0.5, 0.6) is 5.75 Å². The fourth-order valence-corrected chi connectivity index (χ4v) is 5.50. The molecule has 0 spiro atoms. The zero-order valence-electron chi connectivity index (χ0n) is 21.7. The Labute approximate surface area is 218 Å². The second-order valence-electron chi connectivity index (χ2n) is 9.39. The van der Waals surface area contributed by atoms with E-state index in [1.165, 1.54) is 17.0 Å². The summed E-state index contributed by atoms with van der Waals surface area (Å²) in [6.45, 7) is 1.39. The second kappa shape index (κ2) is 12.9. The number of nitrogens with one attached hydrogen (secondary N) is 1. The second-order valence-corrected chi connectivity index (χ2v) is 11.3. The Morgan fingerprint density at radius 2 is 1.78 bits per heavy atom. The van der Waals surface area contributed by atoms with E-state index < -0.39 is 34.3 Å². The summed E-state index contributed by atoms with van der Waals surface area (Å²) < 4.78 is 45.0. The zero-order chi connectivity index (χ0) is 27.0. The summed E-state index contributed by atoms with van der Waals surface area (Å²) in [4.78, 5) is 28.5. The van der Waals surface area contributed by atoms with Crippen LogP contribution in [-0.2, 0) is 26.2 Å². The van der Waals surface area contributed by atoms with Gasteiger partial charge in [-0.3, -0.25) is 13.9 Å². The number of benzene rings is 2. The molecule has 1 aliphatic carbocycles. The molecule has 1 aliphatic rings. The van der Waals surface area contributed by atoms with Crippen LogP contribution >= 0.6 is 0 Å². The van der Waals surface area contributed by atoms with Crippen molar-refractivity contribution in [3.63, 3.8) is 0 Å². The molecule has 3 rings (SSSR count). The SMILES string of the molecule is CCC(C(=O)NC1CCCCC1)N(Cc1cccc(OC)c1)C(=O)CN(c1ccc(F)cc1)S(C)(=O)=O. The number of carbonyl (C=O) groups is 2. The fraction of sp³-hybridized carbons (Fsp3) is 0.481. The summed E-state index contributed by atoms with van der Waals surface area (Å²) in [5, 5.41) is 3.10. The van der Waals surface area contributed by atoms with Crippen molar-refractivity contribution >= 4 is 27.5 Å². The minimum absolute atomic E-state index is 0.0656. The number of methoxy groups -OCH3 is 1. The van der Waals surface area contributed by atoms with Crippen LogP contribution in [0.3, 0.4) is 0 Å². The molecule has 0 saturated heterocycles. The van der Waals surface area contributed by atoms with E-state index in [1.54, 1.807) is 25.3 Å². The van der Waals surface area contributed by atoms with Gasteiger partial charge in [0.1, 0.15) is 24.2 Å². The van der Waals surface area contributed by atoms with Crippen molar-refractivity contribution < 1.29 is 27.1 Å². The Hall–Kier alpha value is -3.14. The van der Waals surface area contributed by atoms with Crippen LogP contribution in [0, 0.1) is 5.82 Å². The van der Waals surface area contributed by atoms with Gasteiger partial charge in [-0.2, -0.15) is 0 Å². The standard InChI is InChI=1S/C27H36FN3O5S/c1-4-25(27(33)29-22-10-6-5-7-11-22)30(18-20-9-8-12-24(17-20)36-2)26(32)19-31(37(3,34)35)23-15-13-21(28)14-16-23/h8-9,12-17,22,25H,4-7,10-11,18-19H2,1-3H3,(H,29,33). The van der Waals surface area contributed by atoms with Gasteiger partial charge in [0.05, 0.1) is 19.1 Å². The smallest absolute Gasteiger partial charge is 0.244 e. The van der Waals surface area contributed by atoms with Crippen LogP contribution in [0.4, 0.5) is 10.1 Å². The maximum Gasteiger partial charge on any atom is 0.244 e. The normalized spacial score (nSPS) is 15.0. The third-order valence-corrected chi connectivity index (χ3v) is 7.76. The van der Waals surface area contributed by atoms with Crippen LogP contribution in [0.25, 0.3) is 0 Å². The zero-order valence-corrected chi connectivity index (χ0v) is 22.5. The van der Waals surface area contributed by atoms with Gasteiger partial charge >= 0.3 is 0 Å². The largest absolute Gasteiger partial charge is 0.497 e. The topological polar surface area (TPSA) is 96.0 Å². The highest BCUT2D eigenvalue weighted by Gasteiger charge is 2.32. The lowest BCUT2D eigenvalue weighted by Gasteiger charge is -2.34. The number of amides is 2. The number of anilines is 1. The highest BCUT2D eigenvalue weighted by molar-refractivity contribution is 7.92. The van der Waals surface area contributed by atoms with Crippen molar-refractivity contribution in [2.24, 2.45) is 0 Å².